The minimum atomic E-state index is -0.548. The van der Waals surface area contributed by atoms with Crippen molar-refractivity contribution in [2.75, 3.05) is 13.2 Å². The van der Waals surface area contributed by atoms with Crippen LogP contribution in [0.1, 0.15) is 39.5 Å². The second-order valence-corrected chi connectivity index (χ2v) is 3.79. The molecule has 3 nitrogen and oxygen atoms in total. The average molecular weight is 185 g/mol. The zero-order chi connectivity index (χ0) is 9.73. The number of nitrogens with one attached hydrogen (secondary N) is 1. The van der Waals surface area contributed by atoms with E-state index < -0.39 is 5.60 Å². The number of carbonyl (C=O) groups is 1. The van der Waals surface area contributed by atoms with Gasteiger partial charge in [0, 0.05) is 13.2 Å². The summed E-state index contributed by atoms with van der Waals surface area (Å²) in [5, 5.41) is 2.90. The summed E-state index contributed by atoms with van der Waals surface area (Å²) in [7, 11) is 0. The Kier molecular flexibility index (Phi) is 3.72. The maximum absolute atomic E-state index is 11.6. The van der Waals surface area contributed by atoms with Crippen LogP contribution in [0.25, 0.3) is 0 Å². The molecular formula is C10H19NO2. The Balaban J connectivity index is 2.29. The lowest BCUT2D eigenvalue weighted by molar-refractivity contribution is -0.139. The standard InChI is InChI=1S/C10H19NO2/c1-3-4-7-11-9(12)10(2)6-5-8-13-10/h3-8H2,1-2H3,(H,11,12). The fourth-order valence-corrected chi connectivity index (χ4v) is 1.52. The Labute approximate surface area is 79.8 Å². The molecule has 13 heavy (non-hydrogen) atoms. The molecule has 1 rings (SSSR count). The second-order valence-electron chi connectivity index (χ2n) is 3.79. The molecule has 0 aromatic heterocycles. The van der Waals surface area contributed by atoms with Crippen molar-refractivity contribution >= 4 is 5.91 Å². The molecule has 1 unspecified atom stereocenters. The lowest BCUT2D eigenvalue weighted by Crippen LogP contribution is -2.44. The summed E-state index contributed by atoms with van der Waals surface area (Å²) >= 11 is 0. The summed E-state index contributed by atoms with van der Waals surface area (Å²) in [5.74, 6) is 0.0541. The van der Waals surface area contributed by atoms with Crippen LogP contribution in [-0.2, 0) is 9.53 Å². The van der Waals surface area contributed by atoms with E-state index in [4.69, 9.17) is 4.74 Å². The van der Waals surface area contributed by atoms with E-state index in [0.717, 1.165) is 38.8 Å². The van der Waals surface area contributed by atoms with Gasteiger partial charge in [0.2, 0.25) is 0 Å². The molecule has 0 radical (unpaired) electrons. The van der Waals surface area contributed by atoms with Crippen LogP contribution < -0.4 is 5.32 Å². The van der Waals surface area contributed by atoms with E-state index >= 15 is 0 Å². The van der Waals surface area contributed by atoms with E-state index in [-0.39, 0.29) is 5.91 Å². The lowest BCUT2D eigenvalue weighted by Gasteiger charge is -2.21. The van der Waals surface area contributed by atoms with E-state index in [9.17, 15) is 4.79 Å². The SMILES string of the molecule is CCCCNC(=O)C1(C)CCCO1. The first-order chi connectivity index (χ1) is 6.19. The molecule has 0 saturated carbocycles. The normalized spacial score (nSPS) is 27.5. The maximum atomic E-state index is 11.6. The van der Waals surface area contributed by atoms with Gasteiger partial charge in [-0.3, -0.25) is 4.79 Å². The van der Waals surface area contributed by atoms with Crippen molar-refractivity contribution in [3.63, 3.8) is 0 Å². The van der Waals surface area contributed by atoms with E-state index in [1.807, 2.05) is 6.92 Å². The molecule has 1 N–H and O–H groups in total. The van der Waals surface area contributed by atoms with Crippen molar-refractivity contribution < 1.29 is 9.53 Å². The monoisotopic (exact) mass is 185 g/mol. The summed E-state index contributed by atoms with van der Waals surface area (Å²) in [5.41, 5.74) is -0.548. The van der Waals surface area contributed by atoms with Crippen LogP contribution in [0.2, 0.25) is 0 Å². The van der Waals surface area contributed by atoms with Crippen molar-refractivity contribution in [2.45, 2.75) is 45.1 Å². The molecule has 0 aromatic rings. The Morgan fingerprint density at radius 3 is 2.92 bits per heavy atom. The lowest BCUT2D eigenvalue weighted by atomic mass is 10.0. The Morgan fingerprint density at radius 2 is 2.38 bits per heavy atom. The number of rotatable bonds is 4. The van der Waals surface area contributed by atoms with Gasteiger partial charge in [-0.25, -0.2) is 0 Å². The molecule has 1 atom stereocenters. The predicted molar refractivity (Wildman–Crippen MR) is 51.5 cm³/mol. The van der Waals surface area contributed by atoms with Crippen molar-refractivity contribution in [1.29, 1.82) is 0 Å². The van der Waals surface area contributed by atoms with Gasteiger partial charge in [-0.05, 0) is 26.2 Å². The molecule has 0 bridgehead atoms. The molecule has 1 saturated heterocycles. The van der Waals surface area contributed by atoms with E-state index in [2.05, 4.69) is 12.2 Å². The Bertz CT molecular complexity index is 174. The largest absolute Gasteiger partial charge is 0.365 e. The van der Waals surface area contributed by atoms with Crippen LogP contribution in [0.5, 0.6) is 0 Å². The van der Waals surface area contributed by atoms with Gasteiger partial charge in [-0.15, -0.1) is 0 Å². The minimum Gasteiger partial charge on any atom is -0.365 e. The summed E-state index contributed by atoms with van der Waals surface area (Å²) in [6.45, 7) is 5.48. The average Bonchev–Trinajstić information content (AvgIpc) is 2.54. The predicted octanol–water partition coefficient (Wildman–Crippen LogP) is 1.47. The third kappa shape index (κ3) is 2.69. The molecule has 1 fully saturated rings. The molecule has 0 aliphatic carbocycles. The topological polar surface area (TPSA) is 38.3 Å². The molecular weight excluding hydrogens is 166 g/mol. The van der Waals surface area contributed by atoms with Crippen molar-refractivity contribution in [1.82, 2.24) is 5.32 Å². The first-order valence-electron chi connectivity index (χ1n) is 5.11. The highest BCUT2D eigenvalue weighted by Gasteiger charge is 2.37. The first-order valence-corrected chi connectivity index (χ1v) is 5.11. The quantitative estimate of drug-likeness (QED) is 0.674. The molecule has 1 aliphatic rings. The van der Waals surface area contributed by atoms with Gasteiger partial charge in [0.25, 0.3) is 5.91 Å². The fraction of sp³-hybridized carbons (Fsp3) is 0.900. The second kappa shape index (κ2) is 4.61. The highest BCUT2D eigenvalue weighted by molar-refractivity contribution is 5.84. The van der Waals surface area contributed by atoms with Crippen LogP contribution >= 0.6 is 0 Å². The number of amides is 1. The number of unbranched alkanes of at least 4 members (excludes halogenated alkanes) is 1. The van der Waals surface area contributed by atoms with Crippen LogP contribution in [-0.4, -0.2) is 24.7 Å². The van der Waals surface area contributed by atoms with E-state index in [1.165, 1.54) is 0 Å². The number of carbonyl (C=O) groups excluding carboxylic acids is 1. The number of hydrogen-bond acceptors (Lipinski definition) is 2. The molecule has 3 heteroatoms. The van der Waals surface area contributed by atoms with Gasteiger partial charge in [-0.1, -0.05) is 13.3 Å². The van der Waals surface area contributed by atoms with E-state index in [1.54, 1.807) is 0 Å². The van der Waals surface area contributed by atoms with Gasteiger partial charge in [-0.2, -0.15) is 0 Å². The zero-order valence-electron chi connectivity index (χ0n) is 8.56. The summed E-state index contributed by atoms with van der Waals surface area (Å²) < 4.78 is 5.42. The highest BCUT2D eigenvalue weighted by atomic mass is 16.5. The number of hydrogen-bond donors (Lipinski definition) is 1. The van der Waals surface area contributed by atoms with Crippen molar-refractivity contribution in [2.24, 2.45) is 0 Å². The Morgan fingerprint density at radius 1 is 1.62 bits per heavy atom. The summed E-state index contributed by atoms with van der Waals surface area (Å²) in [6, 6.07) is 0. The molecule has 1 aliphatic heterocycles. The van der Waals surface area contributed by atoms with Gasteiger partial charge in [0.15, 0.2) is 0 Å². The van der Waals surface area contributed by atoms with Crippen LogP contribution in [0.3, 0.4) is 0 Å². The van der Waals surface area contributed by atoms with Crippen molar-refractivity contribution in [3.05, 3.63) is 0 Å². The molecule has 76 valence electrons. The zero-order valence-corrected chi connectivity index (χ0v) is 8.56. The van der Waals surface area contributed by atoms with Gasteiger partial charge < -0.3 is 10.1 Å². The highest BCUT2D eigenvalue weighted by Crippen LogP contribution is 2.24. The fourth-order valence-electron chi connectivity index (χ4n) is 1.52. The third-order valence-corrected chi connectivity index (χ3v) is 2.52. The molecule has 0 spiro atoms. The summed E-state index contributed by atoms with van der Waals surface area (Å²) in [4.78, 5) is 11.6. The van der Waals surface area contributed by atoms with Gasteiger partial charge >= 0.3 is 0 Å². The van der Waals surface area contributed by atoms with Gasteiger partial charge in [0.05, 0.1) is 0 Å². The van der Waals surface area contributed by atoms with Crippen LogP contribution in [0.15, 0.2) is 0 Å². The van der Waals surface area contributed by atoms with E-state index in [0.29, 0.717) is 0 Å². The van der Waals surface area contributed by atoms with Gasteiger partial charge in [0.1, 0.15) is 5.60 Å². The Hall–Kier alpha value is -0.570. The molecule has 0 aromatic carbocycles. The maximum Gasteiger partial charge on any atom is 0.251 e. The summed E-state index contributed by atoms with van der Waals surface area (Å²) in [6.07, 6.45) is 4.00. The van der Waals surface area contributed by atoms with Crippen molar-refractivity contribution in [3.8, 4) is 0 Å². The smallest absolute Gasteiger partial charge is 0.251 e. The first kappa shape index (κ1) is 10.5. The number of ether oxygens (including phenoxy) is 1. The molecule has 1 heterocycles. The third-order valence-electron chi connectivity index (χ3n) is 2.52. The van der Waals surface area contributed by atoms with Crippen LogP contribution in [0, 0.1) is 0 Å². The van der Waals surface area contributed by atoms with Crippen LogP contribution in [0.4, 0.5) is 0 Å². The molecule has 1 amide bonds. The minimum absolute atomic E-state index is 0.0541.